The zero-order valence-electron chi connectivity index (χ0n) is 12.3. The topological polar surface area (TPSA) is 40.3 Å². The van der Waals surface area contributed by atoms with Gasteiger partial charge in [0.05, 0.1) is 6.10 Å². The van der Waals surface area contributed by atoms with E-state index in [0.717, 1.165) is 38.5 Å². The number of rotatable bonds is 4. The quantitative estimate of drug-likeness (QED) is 0.898. The van der Waals surface area contributed by atoms with Crippen LogP contribution in [0.15, 0.2) is 24.4 Å². The second-order valence-electron chi connectivity index (χ2n) is 5.71. The summed E-state index contributed by atoms with van der Waals surface area (Å²) in [5.74, 6) is 0.952. The molecule has 108 valence electrons. The fraction of sp³-hybridized carbons (Fsp3) is 0.500. The number of aromatic nitrogens is 1. The van der Waals surface area contributed by atoms with Crippen molar-refractivity contribution in [3.8, 4) is 5.75 Å². The number of aromatic amines is 1. The molecular formula is C16H23N3O. The lowest BCUT2D eigenvalue weighted by molar-refractivity contribution is 0.234. The molecule has 3 rings (SSSR count). The highest BCUT2D eigenvalue weighted by Crippen LogP contribution is 2.25. The summed E-state index contributed by atoms with van der Waals surface area (Å²) in [4.78, 5) is 5.86. The van der Waals surface area contributed by atoms with E-state index in [4.69, 9.17) is 4.74 Å². The number of hydrogen-bond donors (Lipinski definition) is 2. The van der Waals surface area contributed by atoms with Crippen molar-refractivity contribution in [2.24, 2.45) is 0 Å². The standard InChI is InChI=1S/C16H23N3O/c1-12(2)20-14-3-4-16-15(9-14)13(10-18-16)11-19-7-5-17-6-8-19/h3-4,9-10,12,17-18H,5-8,11H2,1-2H3. The van der Waals surface area contributed by atoms with Crippen molar-refractivity contribution in [3.05, 3.63) is 30.0 Å². The second kappa shape index (κ2) is 5.85. The van der Waals surface area contributed by atoms with Crippen molar-refractivity contribution < 1.29 is 4.74 Å². The van der Waals surface area contributed by atoms with Crippen LogP contribution in [0.25, 0.3) is 10.9 Å². The minimum atomic E-state index is 0.211. The molecule has 20 heavy (non-hydrogen) atoms. The van der Waals surface area contributed by atoms with Gasteiger partial charge in [0.15, 0.2) is 0 Å². The molecule has 1 aromatic heterocycles. The van der Waals surface area contributed by atoms with E-state index >= 15 is 0 Å². The Hall–Kier alpha value is -1.52. The van der Waals surface area contributed by atoms with Crippen molar-refractivity contribution in [3.63, 3.8) is 0 Å². The first-order valence-electron chi connectivity index (χ1n) is 7.42. The first-order valence-corrected chi connectivity index (χ1v) is 7.42. The first kappa shape index (κ1) is 13.5. The Kier molecular flexibility index (Phi) is 3.94. The average molecular weight is 273 g/mol. The highest BCUT2D eigenvalue weighted by atomic mass is 16.5. The van der Waals surface area contributed by atoms with Crippen molar-refractivity contribution in [1.29, 1.82) is 0 Å². The van der Waals surface area contributed by atoms with Crippen LogP contribution in [0.4, 0.5) is 0 Å². The van der Waals surface area contributed by atoms with E-state index < -0.39 is 0 Å². The molecule has 4 heteroatoms. The summed E-state index contributed by atoms with van der Waals surface area (Å²) in [6.07, 6.45) is 2.34. The summed E-state index contributed by atoms with van der Waals surface area (Å²) in [5.41, 5.74) is 2.54. The zero-order valence-corrected chi connectivity index (χ0v) is 12.3. The summed E-state index contributed by atoms with van der Waals surface area (Å²) in [6.45, 7) is 9.54. The molecule has 0 unspecified atom stereocenters. The van der Waals surface area contributed by atoms with Gasteiger partial charge < -0.3 is 15.0 Å². The Morgan fingerprint density at radius 1 is 1.25 bits per heavy atom. The Labute approximate surface area is 120 Å². The third-order valence-electron chi connectivity index (χ3n) is 3.71. The lowest BCUT2D eigenvalue weighted by Gasteiger charge is -2.26. The van der Waals surface area contributed by atoms with Gasteiger partial charge in [-0.25, -0.2) is 0 Å². The fourth-order valence-corrected chi connectivity index (χ4v) is 2.74. The Morgan fingerprint density at radius 3 is 2.80 bits per heavy atom. The van der Waals surface area contributed by atoms with Gasteiger partial charge in [-0.1, -0.05) is 0 Å². The average Bonchev–Trinajstić information content (AvgIpc) is 2.82. The highest BCUT2D eigenvalue weighted by Gasteiger charge is 2.13. The molecule has 1 aromatic carbocycles. The normalized spacial score (nSPS) is 16.9. The van der Waals surface area contributed by atoms with Crippen molar-refractivity contribution in [2.45, 2.75) is 26.5 Å². The third kappa shape index (κ3) is 2.97. The van der Waals surface area contributed by atoms with Crippen molar-refractivity contribution in [1.82, 2.24) is 15.2 Å². The molecule has 0 bridgehead atoms. The monoisotopic (exact) mass is 273 g/mol. The number of hydrogen-bond acceptors (Lipinski definition) is 3. The van der Waals surface area contributed by atoms with Gasteiger partial charge >= 0.3 is 0 Å². The van der Waals surface area contributed by atoms with Gasteiger partial charge in [0.1, 0.15) is 5.75 Å². The van der Waals surface area contributed by atoms with Crippen LogP contribution in [0.2, 0.25) is 0 Å². The van der Waals surface area contributed by atoms with E-state index in [1.165, 1.54) is 16.5 Å². The van der Waals surface area contributed by atoms with E-state index in [1.807, 2.05) is 6.07 Å². The number of piperazine rings is 1. The van der Waals surface area contributed by atoms with Crippen LogP contribution in [0, 0.1) is 0 Å². The summed E-state index contributed by atoms with van der Waals surface area (Å²) >= 11 is 0. The maximum absolute atomic E-state index is 5.80. The second-order valence-corrected chi connectivity index (χ2v) is 5.71. The van der Waals surface area contributed by atoms with Crippen LogP contribution in [0.5, 0.6) is 5.75 Å². The van der Waals surface area contributed by atoms with Crippen LogP contribution in [-0.4, -0.2) is 42.2 Å². The molecule has 2 aromatic rings. The van der Waals surface area contributed by atoms with Gasteiger partial charge in [0, 0.05) is 49.8 Å². The molecule has 0 spiro atoms. The third-order valence-corrected chi connectivity index (χ3v) is 3.71. The summed E-state index contributed by atoms with van der Waals surface area (Å²) in [7, 11) is 0. The molecule has 0 amide bonds. The number of H-pyrrole nitrogens is 1. The summed E-state index contributed by atoms with van der Waals surface area (Å²) in [6, 6.07) is 6.30. The molecule has 0 radical (unpaired) electrons. The van der Waals surface area contributed by atoms with Crippen molar-refractivity contribution in [2.75, 3.05) is 26.2 Å². The minimum Gasteiger partial charge on any atom is -0.491 e. The molecule has 0 saturated carbocycles. The maximum Gasteiger partial charge on any atom is 0.120 e. The number of nitrogens with one attached hydrogen (secondary N) is 2. The number of benzene rings is 1. The lowest BCUT2D eigenvalue weighted by Crippen LogP contribution is -2.42. The predicted molar refractivity (Wildman–Crippen MR) is 82.2 cm³/mol. The van der Waals surface area contributed by atoms with E-state index in [9.17, 15) is 0 Å². The van der Waals surface area contributed by atoms with E-state index in [2.05, 4.69) is 47.4 Å². The number of ether oxygens (including phenoxy) is 1. The van der Waals surface area contributed by atoms with Gasteiger partial charge in [-0.05, 0) is 37.6 Å². The Bertz CT molecular complexity index is 570. The van der Waals surface area contributed by atoms with Crippen LogP contribution in [-0.2, 0) is 6.54 Å². The Balaban J connectivity index is 1.82. The summed E-state index contributed by atoms with van der Waals surface area (Å²) in [5, 5.41) is 4.67. The van der Waals surface area contributed by atoms with Gasteiger partial charge in [0.25, 0.3) is 0 Å². The number of fused-ring (bicyclic) bond motifs is 1. The predicted octanol–water partition coefficient (Wildman–Crippen LogP) is 2.36. The van der Waals surface area contributed by atoms with Crippen LogP contribution < -0.4 is 10.1 Å². The maximum atomic E-state index is 5.80. The molecule has 2 N–H and O–H groups in total. The van der Waals surface area contributed by atoms with E-state index in [0.29, 0.717) is 0 Å². The zero-order chi connectivity index (χ0) is 13.9. The molecular weight excluding hydrogens is 250 g/mol. The van der Waals surface area contributed by atoms with Crippen molar-refractivity contribution >= 4 is 10.9 Å². The van der Waals surface area contributed by atoms with Gasteiger partial charge in [-0.15, -0.1) is 0 Å². The van der Waals surface area contributed by atoms with Gasteiger partial charge in [-0.2, -0.15) is 0 Å². The number of nitrogens with zero attached hydrogens (tertiary/aromatic N) is 1. The van der Waals surface area contributed by atoms with E-state index in [-0.39, 0.29) is 6.10 Å². The van der Waals surface area contributed by atoms with Gasteiger partial charge in [0.2, 0.25) is 0 Å². The molecule has 0 atom stereocenters. The van der Waals surface area contributed by atoms with Gasteiger partial charge in [-0.3, -0.25) is 4.90 Å². The molecule has 1 saturated heterocycles. The lowest BCUT2D eigenvalue weighted by atomic mass is 10.1. The molecule has 4 nitrogen and oxygen atoms in total. The fourth-order valence-electron chi connectivity index (χ4n) is 2.74. The molecule has 2 heterocycles. The smallest absolute Gasteiger partial charge is 0.120 e. The molecule has 1 aliphatic rings. The molecule has 0 aliphatic carbocycles. The molecule has 1 fully saturated rings. The summed E-state index contributed by atoms with van der Waals surface area (Å²) < 4.78 is 5.80. The minimum absolute atomic E-state index is 0.211. The SMILES string of the molecule is CC(C)Oc1ccc2[nH]cc(CN3CCNCC3)c2c1. The largest absolute Gasteiger partial charge is 0.491 e. The van der Waals surface area contributed by atoms with E-state index in [1.54, 1.807) is 0 Å². The van der Waals surface area contributed by atoms with Crippen LogP contribution in [0.1, 0.15) is 19.4 Å². The van der Waals surface area contributed by atoms with Crippen LogP contribution in [0.3, 0.4) is 0 Å². The molecule has 1 aliphatic heterocycles. The Morgan fingerprint density at radius 2 is 2.05 bits per heavy atom. The first-order chi connectivity index (χ1) is 9.72. The van der Waals surface area contributed by atoms with Crippen LogP contribution >= 0.6 is 0 Å². The highest BCUT2D eigenvalue weighted by molar-refractivity contribution is 5.84.